The van der Waals surface area contributed by atoms with Gasteiger partial charge in [0.1, 0.15) is 0 Å². The van der Waals surface area contributed by atoms with E-state index >= 15 is 0 Å². The number of hydrogen-bond acceptors (Lipinski definition) is 3. The molecular formula is C11H18N2OS. The maximum atomic E-state index is 11.7. The molecule has 0 aromatic carbocycles. The normalized spacial score (nSPS) is 24.9. The van der Waals surface area contributed by atoms with E-state index < -0.39 is 0 Å². The molecule has 0 aromatic rings. The van der Waals surface area contributed by atoms with Gasteiger partial charge in [0, 0.05) is 30.5 Å². The van der Waals surface area contributed by atoms with Crippen LogP contribution in [0.1, 0.15) is 19.8 Å². The zero-order valence-electron chi connectivity index (χ0n) is 9.14. The first-order chi connectivity index (χ1) is 7.27. The lowest BCUT2D eigenvalue weighted by Gasteiger charge is -2.21. The average Bonchev–Trinajstić information content (AvgIpc) is 2.63. The van der Waals surface area contributed by atoms with Gasteiger partial charge in [0.2, 0.25) is 5.91 Å². The van der Waals surface area contributed by atoms with Gasteiger partial charge in [-0.2, -0.15) is 11.8 Å². The molecular weight excluding hydrogens is 208 g/mol. The van der Waals surface area contributed by atoms with Crippen molar-refractivity contribution in [2.75, 3.05) is 25.4 Å². The number of carbonyl (C=O) groups is 1. The van der Waals surface area contributed by atoms with Crippen molar-refractivity contribution in [2.45, 2.75) is 25.0 Å². The number of carbonyl (C=O) groups excluding carboxylic acids is 1. The first kappa shape index (κ1) is 11.0. The molecule has 84 valence electrons. The molecule has 2 rings (SSSR count). The number of hydrogen-bond donors (Lipinski definition) is 2. The quantitative estimate of drug-likeness (QED) is 0.703. The number of thioether (sulfide) groups is 1. The summed E-state index contributed by atoms with van der Waals surface area (Å²) in [6.07, 6.45) is 2.55. The smallest absolute Gasteiger partial charge is 0.247 e. The van der Waals surface area contributed by atoms with E-state index in [0.717, 1.165) is 25.2 Å². The van der Waals surface area contributed by atoms with Crippen molar-refractivity contribution in [3.63, 3.8) is 0 Å². The lowest BCUT2D eigenvalue weighted by Crippen LogP contribution is -2.38. The Bertz CT molecular complexity index is 276. The lowest BCUT2D eigenvalue weighted by atomic mass is 10.0. The van der Waals surface area contributed by atoms with Crippen LogP contribution in [0.15, 0.2) is 11.1 Å². The fourth-order valence-electron chi connectivity index (χ4n) is 1.82. The van der Waals surface area contributed by atoms with Gasteiger partial charge in [0.25, 0.3) is 0 Å². The third-order valence-electron chi connectivity index (χ3n) is 3.06. The van der Waals surface area contributed by atoms with Crippen LogP contribution in [-0.4, -0.2) is 36.5 Å². The minimum Gasteiger partial charge on any atom is -0.351 e. The van der Waals surface area contributed by atoms with Crippen molar-refractivity contribution >= 4 is 17.7 Å². The summed E-state index contributed by atoms with van der Waals surface area (Å²) in [4.78, 5) is 11.7. The van der Waals surface area contributed by atoms with Gasteiger partial charge in [-0.3, -0.25) is 4.79 Å². The van der Waals surface area contributed by atoms with Gasteiger partial charge in [-0.25, -0.2) is 0 Å². The van der Waals surface area contributed by atoms with Crippen LogP contribution in [0.5, 0.6) is 0 Å². The average molecular weight is 226 g/mol. The summed E-state index contributed by atoms with van der Waals surface area (Å²) in [5.41, 5.74) is 2.17. The van der Waals surface area contributed by atoms with E-state index in [1.54, 1.807) is 0 Å². The summed E-state index contributed by atoms with van der Waals surface area (Å²) in [5.74, 6) is 1.38. The van der Waals surface area contributed by atoms with Crippen molar-refractivity contribution in [3.05, 3.63) is 11.1 Å². The third kappa shape index (κ3) is 2.75. The van der Waals surface area contributed by atoms with Crippen LogP contribution in [0, 0.1) is 0 Å². The largest absolute Gasteiger partial charge is 0.351 e. The Labute approximate surface area is 95.1 Å². The van der Waals surface area contributed by atoms with E-state index in [4.69, 9.17) is 0 Å². The van der Waals surface area contributed by atoms with E-state index in [-0.39, 0.29) is 5.91 Å². The highest BCUT2D eigenvalue weighted by Gasteiger charge is 2.19. The Morgan fingerprint density at radius 2 is 2.40 bits per heavy atom. The predicted octanol–water partition coefficient (Wildman–Crippen LogP) is 0.918. The first-order valence-corrected chi connectivity index (χ1v) is 6.61. The predicted molar refractivity (Wildman–Crippen MR) is 64.1 cm³/mol. The van der Waals surface area contributed by atoms with Gasteiger partial charge in [0.05, 0.1) is 0 Å². The Hall–Kier alpha value is -0.480. The molecule has 0 radical (unpaired) electrons. The minimum absolute atomic E-state index is 0.124. The van der Waals surface area contributed by atoms with Crippen LogP contribution >= 0.6 is 11.8 Å². The van der Waals surface area contributed by atoms with Gasteiger partial charge in [-0.15, -0.1) is 0 Å². The Morgan fingerprint density at radius 3 is 2.93 bits per heavy atom. The maximum Gasteiger partial charge on any atom is 0.247 e. The summed E-state index contributed by atoms with van der Waals surface area (Å²) < 4.78 is 0. The van der Waals surface area contributed by atoms with Crippen molar-refractivity contribution < 1.29 is 4.79 Å². The second-order valence-corrected chi connectivity index (χ2v) is 5.59. The molecule has 0 spiro atoms. The fraction of sp³-hybridized carbons (Fsp3) is 0.727. The highest BCUT2D eigenvalue weighted by atomic mass is 32.2. The van der Waals surface area contributed by atoms with Gasteiger partial charge < -0.3 is 10.6 Å². The van der Waals surface area contributed by atoms with Gasteiger partial charge in [-0.05, 0) is 31.1 Å². The molecule has 1 unspecified atom stereocenters. The van der Waals surface area contributed by atoms with Gasteiger partial charge >= 0.3 is 0 Å². The van der Waals surface area contributed by atoms with E-state index in [2.05, 4.69) is 10.6 Å². The summed E-state index contributed by atoms with van der Waals surface area (Å²) in [7, 11) is 0. The molecule has 2 aliphatic rings. The summed E-state index contributed by atoms with van der Waals surface area (Å²) in [6, 6.07) is 0. The van der Waals surface area contributed by atoms with Crippen molar-refractivity contribution in [3.8, 4) is 0 Å². The van der Waals surface area contributed by atoms with Crippen LogP contribution in [0.4, 0.5) is 0 Å². The second-order valence-electron chi connectivity index (χ2n) is 4.18. The monoisotopic (exact) mass is 226 g/mol. The van der Waals surface area contributed by atoms with Crippen molar-refractivity contribution in [1.29, 1.82) is 0 Å². The molecule has 0 bridgehead atoms. The molecule has 2 heterocycles. The van der Waals surface area contributed by atoms with Crippen LogP contribution < -0.4 is 10.6 Å². The van der Waals surface area contributed by atoms with E-state index in [0.29, 0.717) is 5.25 Å². The molecule has 0 aliphatic carbocycles. The molecule has 0 aromatic heterocycles. The molecule has 1 amide bonds. The molecule has 2 fully saturated rings. The first-order valence-electron chi connectivity index (χ1n) is 5.56. The molecule has 2 aliphatic heterocycles. The zero-order chi connectivity index (χ0) is 10.7. The molecule has 0 saturated carbocycles. The summed E-state index contributed by atoms with van der Waals surface area (Å²) in [5, 5.41) is 6.82. The molecule has 3 nitrogen and oxygen atoms in total. The molecule has 2 saturated heterocycles. The van der Waals surface area contributed by atoms with E-state index in [9.17, 15) is 4.79 Å². The van der Waals surface area contributed by atoms with Crippen LogP contribution in [0.3, 0.4) is 0 Å². The van der Waals surface area contributed by atoms with Crippen molar-refractivity contribution in [2.24, 2.45) is 0 Å². The number of rotatable bonds is 3. The third-order valence-corrected chi connectivity index (χ3v) is 4.46. The molecule has 2 N–H and O–H groups in total. The Kier molecular flexibility index (Phi) is 3.70. The topological polar surface area (TPSA) is 41.1 Å². The fourth-order valence-corrected chi connectivity index (χ4v) is 3.02. The maximum absolute atomic E-state index is 11.7. The Morgan fingerprint density at radius 1 is 1.60 bits per heavy atom. The zero-order valence-corrected chi connectivity index (χ0v) is 9.95. The molecule has 4 heteroatoms. The highest BCUT2D eigenvalue weighted by Crippen LogP contribution is 2.25. The van der Waals surface area contributed by atoms with Crippen molar-refractivity contribution in [1.82, 2.24) is 10.6 Å². The minimum atomic E-state index is 0.124. The van der Waals surface area contributed by atoms with Crippen LogP contribution in [-0.2, 0) is 4.79 Å². The highest BCUT2D eigenvalue weighted by molar-refractivity contribution is 8.00. The van der Waals surface area contributed by atoms with E-state index in [1.165, 1.54) is 24.2 Å². The summed E-state index contributed by atoms with van der Waals surface area (Å²) in [6.45, 7) is 4.53. The molecule has 1 atom stereocenters. The molecule has 15 heavy (non-hydrogen) atoms. The van der Waals surface area contributed by atoms with Crippen LogP contribution in [0.25, 0.3) is 0 Å². The Balaban J connectivity index is 1.76. The van der Waals surface area contributed by atoms with Gasteiger partial charge in [0.15, 0.2) is 0 Å². The summed E-state index contributed by atoms with van der Waals surface area (Å²) >= 11 is 1.98. The number of nitrogens with one attached hydrogen (secondary N) is 2. The standard InChI is InChI=1S/C11H18N2OS/c1-8(9-5-12-6-9)11(14)13-7-10-3-2-4-15-10/h10,12H,2-7H2,1H3,(H,13,14). The van der Waals surface area contributed by atoms with Crippen LogP contribution in [0.2, 0.25) is 0 Å². The lowest BCUT2D eigenvalue weighted by molar-refractivity contribution is -0.117. The number of amides is 1. The van der Waals surface area contributed by atoms with Gasteiger partial charge in [-0.1, -0.05) is 0 Å². The second kappa shape index (κ2) is 5.03. The van der Waals surface area contributed by atoms with E-state index in [1.807, 2.05) is 18.7 Å². The SMILES string of the molecule is CC(C(=O)NCC1CCCS1)=C1CNC1.